The first kappa shape index (κ1) is 19.5. The molecule has 0 spiro atoms. The van der Waals surface area contributed by atoms with Crippen molar-refractivity contribution < 1.29 is 27.9 Å². The van der Waals surface area contributed by atoms with Gasteiger partial charge in [-0.1, -0.05) is 0 Å². The topological polar surface area (TPSA) is 75.7 Å². The van der Waals surface area contributed by atoms with Crippen molar-refractivity contribution in [3.8, 4) is 5.75 Å². The number of methoxy groups -OCH3 is 1. The second-order valence-electron chi connectivity index (χ2n) is 6.65. The number of rotatable bonds is 5. The van der Waals surface area contributed by atoms with Crippen LogP contribution in [0, 0.1) is 11.6 Å². The molecule has 28 heavy (non-hydrogen) atoms. The first-order valence-corrected chi connectivity index (χ1v) is 8.45. The number of amides is 3. The zero-order valence-corrected chi connectivity index (χ0v) is 15.5. The number of hydrogen-bond acceptors (Lipinski definition) is 4. The number of Topliss-reactive ketones (excluding diaryl/α,β-unsaturated/α-hetero) is 1. The van der Waals surface area contributed by atoms with E-state index in [4.69, 9.17) is 4.74 Å². The molecule has 8 heteroatoms. The molecule has 3 rings (SSSR count). The van der Waals surface area contributed by atoms with Crippen LogP contribution in [0.15, 0.2) is 36.4 Å². The van der Waals surface area contributed by atoms with Gasteiger partial charge in [0.2, 0.25) is 0 Å². The van der Waals surface area contributed by atoms with Gasteiger partial charge in [-0.05, 0) is 50.2 Å². The smallest absolute Gasteiger partial charge is 0.325 e. The van der Waals surface area contributed by atoms with Crippen molar-refractivity contribution in [1.29, 1.82) is 0 Å². The molecule has 0 bridgehead atoms. The Bertz CT molecular complexity index is 992. The van der Waals surface area contributed by atoms with Gasteiger partial charge in [-0.15, -0.1) is 0 Å². The zero-order chi connectivity index (χ0) is 20.6. The van der Waals surface area contributed by atoms with Crippen LogP contribution in [0.4, 0.5) is 13.6 Å². The van der Waals surface area contributed by atoms with Crippen LogP contribution in [-0.2, 0) is 16.9 Å². The fourth-order valence-electron chi connectivity index (χ4n) is 3.20. The molecule has 0 aromatic heterocycles. The van der Waals surface area contributed by atoms with E-state index in [1.807, 2.05) is 0 Å². The normalized spacial score (nSPS) is 19.0. The number of imide groups is 1. The van der Waals surface area contributed by atoms with Gasteiger partial charge in [0.25, 0.3) is 5.91 Å². The molecule has 0 aliphatic carbocycles. The third kappa shape index (κ3) is 3.21. The van der Waals surface area contributed by atoms with Crippen LogP contribution in [0.1, 0.15) is 35.3 Å². The summed E-state index contributed by atoms with van der Waals surface area (Å²) in [6, 6.07) is 6.62. The molecular weight excluding hydrogens is 370 g/mol. The highest BCUT2D eigenvalue weighted by atomic mass is 19.1. The Balaban J connectivity index is 1.98. The van der Waals surface area contributed by atoms with Crippen molar-refractivity contribution in [3.05, 3.63) is 64.7 Å². The van der Waals surface area contributed by atoms with Crippen molar-refractivity contribution in [2.24, 2.45) is 0 Å². The lowest BCUT2D eigenvalue weighted by Crippen LogP contribution is -2.41. The number of benzene rings is 2. The molecular formula is C20H18F2N2O4. The Labute approximate surface area is 160 Å². The summed E-state index contributed by atoms with van der Waals surface area (Å²) in [6.45, 7) is 2.51. The van der Waals surface area contributed by atoms with E-state index >= 15 is 0 Å². The fourth-order valence-corrected chi connectivity index (χ4v) is 3.20. The number of ether oxygens (including phenoxy) is 1. The third-order valence-electron chi connectivity index (χ3n) is 4.76. The van der Waals surface area contributed by atoms with Gasteiger partial charge < -0.3 is 10.1 Å². The summed E-state index contributed by atoms with van der Waals surface area (Å²) in [5, 5.41) is 2.43. The SMILES string of the molecule is COc1ccc(C(C)=O)cc1CN1C(=O)N[C@](C)(c2cc(F)ccc2F)C1=O. The predicted octanol–water partition coefficient (Wildman–Crippen LogP) is 3.14. The molecule has 1 saturated heterocycles. The Hall–Kier alpha value is -3.29. The quantitative estimate of drug-likeness (QED) is 0.631. The van der Waals surface area contributed by atoms with Gasteiger partial charge in [-0.25, -0.2) is 13.6 Å². The lowest BCUT2D eigenvalue weighted by molar-refractivity contribution is -0.131. The molecule has 0 saturated carbocycles. The second-order valence-corrected chi connectivity index (χ2v) is 6.65. The molecule has 1 aliphatic heterocycles. The minimum absolute atomic E-state index is 0.187. The Morgan fingerprint density at radius 1 is 1.18 bits per heavy atom. The number of carbonyl (C=O) groups excluding carboxylic acids is 3. The number of urea groups is 1. The lowest BCUT2D eigenvalue weighted by Gasteiger charge is -2.23. The van der Waals surface area contributed by atoms with Gasteiger partial charge >= 0.3 is 6.03 Å². The van der Waals surface area contributed by atoms with Crippen LogP contribution < -0.4 is 10.1 Å². The minimum Gasteiger partial charge on any atom is -0.496 e. The molecule has 2 aromatic rings. The van der Waals surface area contributed by atoms with Gasteiger partial charge in [0.05, 0.1) is 13.7 Å². The van der Waals surface area contributed by atoms with Crippen LogP contribution >= 0.6 is 0 Å². The Kier molecular flexibility index (Phi) is 4.89. The van der Waals surface area contributed by atoms with Gasteiger partial charge in [0, 0.05) is 16.7 Å². The van der Waals surface area contributed by atoms with E-state index in [0.29, 0.717) is 16.9 Å². The molecule has 146 valence electrons. The first-order chi connectivity index (χ1) is 13.2. The maximum Gasteiger partial charge on any atom is 0.325 e. The summed E-state index contributed by atoms with van der Waals surface area (Å²) in [7, 11) is 1.42. The largest absolute Gasteiger partial charge is 0.496 e. The standard InChI is InChI=1S/C20H18F2N2O4/c1-11(25)12-4-7-17(28-3)13(8-12)10-24-18(26)20(2,23-19(24)27)15-9-14(21)5-6-16(15)22/h4-9H,10H2,1-3H3,(H,23,27)/t20-/m1/s1. The summed E-state index contributed by atoms with van der Waals surface area (Å²) < 4.78 is 33.1. The number of carbonyl (C=O) groups is 3. The van der Waals surface area contributed by atoms with Crippen LogP contribution in [0.3, 0.4) is 0 Å². The zero-order valence-electron chi connectivity index (χ0n) is 15.5. The summed E-state index contributed by atoms with van der Waals surface area (Å²) in [5.41, 5.74) is -1.20. The average Bonchev–Trinajstić information content (AvgIpc) is 2.87. The Morgan fingerprint density at radius 3 is 2.54 bits per heavy atom. The van der Waals surface area contributed by atoms with Crippen molar-refractivity contribution in [3.63, 3.8) is 0 Å². The minimum atomic E-state index is -1.76. The number of nitrogens with one attached hydrogen (secondary N) is 1. The fraction of sp³-hybridized carbons (Fsp3) is 0.250. The monoisotopic (exact) mass is 388 g/mol. The molecule has 1 atom stereocenters. The number of nitrogens with zero attached hydrogens (tertiary/aromatic N) is 1. The molecule has 2 aromatic carbocycles. The van der Waals surface area contributed by atoms with Gasteiger partial charge in [-0.2, -0.15) is 0 Å². The number of ketones is 1. The van der Waals surface area contributed by atoms with Gasteiger partial charge in [0.15, 0.2) is 5.78 Å². The van der Waals surface area contributed by atoms with Crippen LogP contribution in [0.25, 0.3) is 0 Å². The highest BCUT2D eigenvalue weighted by molar-refractivity contribution is 6.07. The van der Waals surface area contributed by atoms with Gasteiger partial charge in [-0.3, -0.25) is 14.5 Å². The molecule has 0 unspecified atom stereocenters. The molecule has 6 nitrogen and oxygen atoms in total. The van der Waals surface area contributed by atoms with Gasteiger partial charge in [0.1, 0.15) is 22.9 Å². The maximum absolute atomic E-state index is 14.2. The lowest BCUT2D eigenvalue weighted by atomic mass is 9.91. The van der Waals surface area contributed by atoms with E-state index in [1.54, 1.807) is 12.1 Å². The first-order valence-electron chi connectivity index (χ1n) is 8.45. The van der Waals surface area contributed by atoms with Crippen molar-refractivity contribution >= 4 is 17.7 Å². The van der Waals surface area contributed by atoms with Crippen molar-refractivity contribution in [2.75, 3.05) is 7.11 Å². The molecule has 1 fully saturated rings. The van der Waals surface area contributed by atoms with Crippen LogP contribution in [-0.4, -0.2) is 29.7 Å². The van der Waals surface area contributed by atoms with E-state index in [2.05, 4.69) is 5.32 Å². The molecule has 1 N–H and O–H groups in total. The Morgan fingerprint density at radius 2 is 1.89 bits per heavy atom. The average molecular weight is 388 g/mol. The van der Waals surface area contributed by atoms with E-state index < -0.39 is 29.1 Å². The van der Waals surface area contributed by atoms with E-state index in [1.165, 1.54) is 27.0 Å². The number of hydrogen-bond donors (Lipinski definition) is 1. The van der Waals surface area contributed by atoms with E-state index in [9.17, 15) is 23.2 Å². The van der Waals surface area contributed by atoms with Crippen molar-refractivity contribution in [1.82, 2.24) is 10.2 Å². The molecule has 1 heterocycles. The van der Waals surface area contributed by atoms with Crippen LogP contribution in [0.2, 0.25) is 0 Å². The second kappa shape index (κ2) is 7.03. The maximum atomic E-state index is 14.2. The van der Waals surface area contributed by atoms with Crippen LogP contribution in [0.5, 0.6) is 5.75 Å². The molecule has 1 aliphatic rings. The summed E-state index contributed by atoms with van der Waals surface area (Å²) in [4.78, 5) is 38.0. The highest BCUT2D eigenvalue weighted by Gasteiger charge is 2.50. The van der Waals surface area contributed by atoms with E-state index in [-0.39, 0.29) is 17.9 Å². The summed E-state index contributed by atoms with van der Waals surface area (Å²) in [6.07, 6.45) is 0. The predicted molar refractivity (Wildman–Crippen MR) is 95.8 cm³/mol. The third-order valence-corrected chi connectivity index (χ3v) is 4.76. The highest BCUT2D eigenvalue weighted by Crippen LogP contribution is 2.33. The molecule has 3 amide bonds. The summed E-state index contributed by atoms with van der Waals surface area (Å²) in [5.74, 6) is -2.08. The number of halogens is 2. The van der Waals surface area contributed by atoms with E-state index in [0.717, 1.165) is 23.1 Å². The van der Waals surface area contributed by atoms with Crippen molar-refractivity contribution in [2.45, 2.75) is 25.9 Å². The molecule has 0 radical (unpaired) electrons. The summed E-state index contributed by atoms with van der Waals surface area (Å²) >= 11 is 0.